The van der Waals surface area contributed by atoms with Gasteiger partial charge in [-0.3, -0.25) is 9.59 Å². The average molecular weight is 549 g/mol. The lowest BCUT2D eigenvalue weighted by Crippen LogP contribution is -2.52. The molecular weight excluding hydrogens is 521 g/mol. The van der Waals surface area contributed by atoms with E-state index in [4.69, 9.17) is 39.9 Å². The molecule has 1 N–H and O–H groups in total. The van der Waals surface area contributed by atoms with Crippen LogP contribution in [0.5, 0.6) is 0 Å². The maximum absolute atomic E-state index is 13.7. The van der Waals surface area contributed by atoms with Crippen LogP contribution in [-0.2, 0) is 4.79 Å². The summed E-state index contributed by atoms with van der Waals surface area (Å²) in [6, 6.07) is 12.4. The van der Waals surface area contributed by atoms with Crippen molar-refractivity contribution in [2.75, 3.05) is 13.1 Å². The molecule has 4 rings (SSSR count). The summed E-state index contributed by atoms with van der Waals surface area (Å²) >= 11 is 18.7. The second-order valence-corrected chi connectivity index (χ2v) is 11.5. The van der Waals surface area contributed by atoms with Gasteiger partial charge in [0.15, 0.2) is 5.69 Å². The van der Waals surface area contributed by atoms with Crippen LogP contribution in [0.2, 0.25) is 15.1 Å². The van der Waals surface area contributed by atoms with Crippen molar-refractivity contribution in [1.29, 1.82) is 0 Å². The maximum atomic E-state index is 13.7. The molecule has 190 valence electrons. The molecule has 0 saturated carbocycles. The van der Waals surface area contributed by atoms with Gasteiger partial charge in [-0.15, -0.1) is 0 Å². The van der Waals surface area contributed by atoms with Gasteiger partial charge in [-0.25, -0.2) is 4.68 Å². The molecule has 2 aromatic carbocycles. The molecule has 0 radical (unpaired) electrons. The van der Waals surface area contributed by atoms with Gasteiger partial charge in [0.2, 0.25) is 0 Å². The van der Waals surface area contributed by atoms with E-state index in [0.717, 1.165) is 5.56 Å². The molecule has 1 fully saturated rings. The Hall–Kier alpha value is -2.54. The summed E-state index contributed by atoms with van der Waals surface area (Å²) in [4.78, 5) is 27.6. The van der Waals surface area contributed by atoms with Crippen molar-refractivity contribution >= 4 is 46.7 Å². The number of rotatable bonds is 4. The van der Waals surface area contributed by atoms with E-state index in [9.17, 15) is 14.7 Å². The van der Waals surface area contributed by atoms with Gasteiger partial charge in [0.05, 0.1) is 21.8 Å². The molecule has 0 aliphatic carbocycles. The molecule has 2 heterocycles. The number of nitrogens with zero attached hydrogens (tertiary/aromatic N) is 3. The summed E-state index contributed by atoms with van der Waals surface area (Å²) in [7, 11) is 0. The number of benzene rings is 2. The summed E-state index contributed by atoms with van der Waals surface area (Å²) in [6.07, 6.45) is 0.759. The Morgan fingerprint density at radius 1 is 0.972 bits per heavy atom. The van der Waals surface area contributed by atoms with E-state index in [1.807, 2.05) is 39.8 Å². The minimum Gasteiger partial charge on any atom is -0.481 e. The van der Waals surface area contributed by atoms with Crippen LogP contribution in [0.15, 0.2) is 42.5 Å². The van der Waals surface area contributed by atoms with Crippen LogP contribution in [0.1, 0.15) is 49.7 Å². The fraction of sp³-hybridized carbons (Fsp3) is 0.370. The standard InChI is InChI=1S/C27H28Cl3N3O3/c1-16-22(24(34)32-13-11-27(12-14-32,25(35)36)26(2,3)4)31-33(21-10-9-19(29)15-20(21)30)23(16)17-5-7-18(28)8-6-17/h5-10,15H,11-14H2,1-4H3,(H,35,36). The Kier molecular flexibility index (Phi) is 7.17. The minimum absolute atomic E-state index is 0.237. The van der Waals surface area contributed by atoms with E-state index in [-0.39, 0.29) is 5.91 Å². The van der Waals surface area contributed by atoms with Crippen molar-refractivity contribution in [3.05, 3.63) is 68.8 Å². The fourth-order valence-electron chi connectivity index (χ4n) is 5.00. The second kappa shape index (κ2) is 9.73. The smallest absolute Gasteiger partial charge is 0.310 e. The molecule has 0 unspecified atom stereocenters. The van der Waals surface area contributed by atoms with Crippen molar-refractivity contribution in [1.82, 2.24) is 14.7 Å². The molecule has 36 heavy (non-hydrogen) atoms. The van der Waals surface area contributed by atoms with Crippen LogP contribution in [0.25, 0.3) is 16.9 Å². The Labute approximate surface area is 225 Å². The van der Waals surface area contributed by atoms with E-state index >= 15 is 0 Å². The topological polar surface area (TPSA) is 75.4 Å². The van der Waals surface area contributed by atoms with Crippen molar-refractivity contribution in [3.63, 3.8) is 0 Å². The number of carbonyl (C=O) groups is 2. The molecule has 0 bridgehead atoms. The van der Waals surface area contributed by atoms with Crippen molar-refractivity contribution in [3.8, 4) is 16.9 Å². The van der Waals surface area contributed by atoms with E-state index < -0.39 is 16.8 Å². The Morgan fingerprint density at radius 3 is 2.08 bits per heavy atom. The zero-order valence-electron chi connectivity index (χ0n) is 20.6. The number of carbonyl (C=O) groups excluding carboxylic acids is 1. The summed E-state index contributed by atoms with van der Waals surface area (Å²) in [5.41, 5.74) is 1.80. The number of likely N-dealkylation sites (tertiary alicyclic amines) is 1. The lowest BCUT2D eigenvalue weighted by atomic mass is 9.61. The molecular formula is C27H28Cl3N3O3. The van der Waals surface area contributed by atoms with Crippen molar-refractivity contribution in [2.24, 2.45) is 10.8 Å². The first-order chi connectivity index (χ1) is 16.9. The van der Waals surface area contributed by atoms with Crippen LogP contribution in [-0.4, -0.2) is 44.8 Å². The molecule has 1 aromatic heterocycles. The number of hydrogen-bond acceptors (Lipinski definition) is 3. The first-order valence-electron chi connectivity index (χ1n) is 11.7. The number of carboxylic acids is 1. The molecule has 6 nitrogen and oxygen atoms in total. The van der Waals surface area contributed by atoms with Gasteiger partial charge in [-0.2, -0.15) is 5.10 Å². The molecule has 1 aliphatic heterocycles. The molecule has 1 amide bonds. The van der Waals surface area contributed by atoms with Gasteiger partial charge in [0.25, 0.3) is 5.91 Å². The van der Waals surface area contributed by atoms with Gasteiger partial charge >= 0.3 is 5.97 Å². The van der Waals surface area contributed by atoms with Gasteiger partial charge < -0.3 is 10.0 Å². The van der Waals surface area contributed by atoms with E-state index in [1.165, 1.54) is 0 Å². The molecule has 9 heteroatoms. The molecule has 1 aliphatic rings. The van der Waals surface area contributed by atoms with E-state index in [0.29, 0.717) is 63.6 Å². The monoisotopic (exact) mass is 547 g/mol. The summed E-state index contributed by atoms with van der Waals surface area (Å²) < 4.78 is 1.66. The number of aliphatic carboxylic acids is 1. The number of aromatic nitrogens is 2. The van der Waals surface area contributed by atoms with Crippen molar-refractivity contribution in [2.45, 2.75) is 40.5 Å². The Morgan fingerprint density at radius 2 is 1.56 bits per heavy atom. The van der Waals surface area contributed by atoms with Crippen LogP contribution in [0.3, 0.4) is 0 Å². The molecule has 3 aromatic rings. The van der Waals surface area contributed by atoms with Crippen LogP contribution < -0.4 is 0 Å². The van der Waals surface area contributed by atoms with Crippen molar-refractivity contribution < 1.29 is 14.7 Å². The highest BCUT2D eigenvalue weighted by Gasteiger charge is 2.51. The van der Waals surface area contributed by atoms with Crippen LogP contribution in [0.4, 0.5) is 0 Å². The third-order valence-electron chi connectivity index (χ3n) is 7.33. The Balaban J connectivity index is 1.75. The zero-order valence-corrected chi connectivity index (χ0v) is 22.9. The summed E-state index contributed by atoms with van der Waals surface area (Å²) in [6.45, 7) is 8.36. The number of piperidine rings is 1. The zero-order chi connectivity index (χ0) is 26.4. The predicted octanol–water partition coefficient (Wildman–Crippen LogP) is 7.16. The third-order valence-corrected chi connectivity index (χ3v) is 8.12. The first-order valence-corrected chi connectivity index (χ1v) is 12.8. The first kappa shape index (κ1) is 26.5. The van der Waals surface area contributed by atoms with Crippen LogP contribution in [0, 0.1) is 17.8 Å². The SMILES string of the molecule is Cc1c(C(=O)N2CCC(C(=O)O)(C(C)(C)C)CC2)nn(-c2ccc(Cl)cc2Cl)c1-c1ccc(Cl)cc1. The van der Waals surface area contributed by atoms with Gasteiger partial charge in [-0.05, 0) is 55.5 Å². The maximum Gasteiger partial charge on any atom is 0.310 e. The fourth-order valence-corrected chi connectivity index (χ4v) is 5.61. The van der Waals surface area contributed by atoms with E-state index in [2.05, 4.69) is 0 Å². The predicted molar refractivity (Wildman–Crippen MR) is 143 cm³/mol. The minimum atomic E-state index is -0.885. The number of hydrogen-bond donors (Lipinski definition) is 1. The summed E-state index contributed by atoms with van der Waals surface area (Å²) in [5, 5.41) is 16.2. The molecule has 0 atom stereocenters. The van der Waals surface area contributed by atoms with Crippen LogP contribution >= 0.6 is 34.8 Å². The number of amides is 1. The largest absolute Gasteiger partial charge is 0.481 e. The summed E-state index contributed by atoms with van der Waals surface area (Å²) in [5.74, 6) is -1.05. The highest BCUT2D eigenvalue weighted by molar-refractivity contribution is 6.35. The molecule has 0 spiro atoms. The number of carboxylic acid groups (broad SMARTS) is 1. The third kappa shape index (κ3) is 4.62. The lowest BCUT2D eigenvalue weighted by Gasteiger charge is -2.46. The highest BCUT2D eigenvalue weighted by atomic mass is 35.5. The van der Waals surface area contributed by atoms with Gasteiger partial charge in [-0.1, -0.05) is 67.7 Å². The quantitative estimate of drug-likeness (QED) is 0.375. The van der Waals surface area contributed by atoms with E-state index in [1.54, 1.807) is 39.9 Å². The normalized spacial score (nSPS) is 15.7. The second-order valence-electron chi connectivity index (χ2n) is 10.3. The Bertz CT molecular complexity index is 1320. The highest BCUT2D eigenvalue weighted by Crippen LogP contribution is 2.47. The lowest BCUT2D eigenvalue weighted by molar-refractivity contribution is -0.160. The number of halogens is 3. The molecule has 1 saturated heterocycles. The van der Waals surface area contributed by atoms with Gasteiger partial charge in [0.1, 0.15) is 0 Å². The average Bonchev–Trinajstić information content (AvgIpc) is 3.15. The van der Waals surface area contributed by atoms with Gasteiger partial charge in [0, 0.05) is 34.3 Å².